The number of carbonyl (C=O) groups excluding carboxylic acids is 2. The minimum absolute atomic E-state index is 0.126. The molecule has 0 fully saturated rings. The van der Waals surface area contributed by atoms with Gasteiger partial charge in [0.25, 0.3) is 5.91 Å². The number of halogens is 1. The van der Waals surface area contributed by atoms with Gasteiger partial charge in [0.2, 0.25) is 0 Å². The molecule has 7 nitrogen and oxygen atoms in total. The number of urea groups is 1. The Morgan fingerprint density at radius 2 is 2.17 bits per heavy atom. The van der Waals surface area contributed by atoms with Crippen LogP contribution in [0.5, 0.6) is 5.75 Å². The number of benzene rings is 1. The van der Waals surface area contributed by atoms with E-state index in [2.05, 4.69) is 16.0 Å². The van der Waals surface area contributed by atoms with Crippen molar-refractivity contribution in [3.63, 3.8) is 0 Å². The van der Waals surface area contributed by atoms with Crippen LogP contribution in [0.25, 0.3) is 0 Å². The zero-order valence-corrected chi connectivity index (χ0v) is 13.2. The van der Waals surface area contributed by atoms with Crippen LogP contribution in [0.1, 0.15) is 23.2 Å². The third-order valence-corrected chi connectivity index (χ3v) is 3.31. The second-order valence-corrected chi connectivity index (χ2v) is 5.00. The lowest BCUT2D eigenvalue weighted by Gasteiger charge is -2.18. The largest absolute Gasteiger partial charge is 0.472 e. The molecule has 1 heterocycles. The number of carbonyl (C=O) groups is 2. The normalized spacial score (nSPS) is 14.9. The molecule has 3 rings (SSSR count). The lowest BCUT2D eigenvalue weighted by molar-refractivity contribution is 0.0882. The highest BCUT2D eigenvalue weighted by atomic mass is 19.1. The predicted molar refractivity (Wildman–Crippen MR) is 88.1 cm³/mol. The first kappa shape index (κ1) is 17.3. The standard InChI is InChI=1S/C9H9FN2O2.C7H10N2O/c1-11-7-3-8-5(2-6(7)10)9(13)12-4-14-8;8-7(10)9-6-4-2-1-3-5-6/h2-3,11H,4H2,1H3,(H,12,13);2,4-5H,1,3H2,(H3,8,9,10). The van der Waals surface area contributed by atoms with Gasteiger partial charge in [-0.3, -0.25) is 4.79 Å². The molecule has 5 N–H and O–H groups in total. The first-order chi connectivity index (χ1) is 11.5. The fourth-order valence-electron chi connectivity index (χ4n) is 2.16. The second-order valence-electron chi connectivity index (χ2n) is 5.00. The van der Waals surface area contributed by atoms with Crippen LogP contribution in [-0.2, 0) is 0 Å². The minimum Gasteiger partial charge on any atom is -0.472 e. The summed E-state index contributed by atoms with van der Waals surface area (Å²) in [4.78, 5) is 21.6. The summed E-state index contributed by atoms with van der Waals surface area (Å²) in [5, 5.41) is 7.62. The summed E-state index contributed by atoms with van der Waals surface area (Å²) >= 11 is 0. The van der Waals surface area contributed by atoms with E-state index in [4.69, 9.17) is 10.5 Å². The van der Waals surface area contributed by atoms with E-state index in [9.17, 15) is 14.0 Å². The molecule has 0 aromatic heterocycles. The molecule has 0 radical (unpaired) electrons. The Morgan fingerprint density at radius 1 is 1.38 bits per heavy atom. The summed E-state index contributed by atoms with van der Waals surface area (Å²) in [6.45, 7) is 0.126. The molecule has 1 aliphatic carbocycles. The predicted octanol–water partition coefficient (Wildman–Crippen LogP) is 1.84. The average Bonchev–Trinajstić information content (AvgIpc) is 2.56. The molecule has 3 amide bonds. The number of amides is 3. The van der Waals surface area contributed by atoms with Crippen LogP contribution in [-0.4, -0.2) is 25.7 Å². The molecule has 0 saturated heterocycles. The molecule has 1 aromatic carbocycles. The summed E-state index contributed by atoms with van der Waals surface area (Å²) in [5.74, 6) is -0.376. The summed E-state index contributed by atoms with van der Waals surface area (Å²) in [6, 6.07) is 2.14. The molecule has 0 saturated carbocycles. The van der Waals surface area contributed by atoms with Crippen LogP contribution < -0.4 is 26.4 Å². The molecule has 2 aliphatic rings. The van der Waals surface area contributed by atoms with Crippen molar-refractivity contribution < 1.29 is 18.7 Å². The molecular formula is C16H19FN4O3. The van der Waals surface area contributed by atoms with Crippen molar-refractivity contribution >= 4 is 17.6 Å². The molecule has 1 aromatic rings. The molecule has 1 aliphatic heterocycles. The number of allylic oxidation sites excluding steroid dienone is 3. The SMILES string of the molecule is CNc1cc2c(cc1F)C(=O)NCO2.NC(=O)NC1=CCCC=C1. The Hall–Kier alpha value is -3.03. The number of fused-ring (bicyclic) bond motifs is 1. The van der Waals surface area contributed by atoms with Crippen molar-refractivity contribution in [3.8, 4) is 5.75 Å². The van der Waals surface area contributed by atoms with E-state index in [1.807, 2.05) is 18.2 Å². The molecule has 8 heteroatoms. The Bertz CT molecular complexity index is 701. The van der Waals surface area contributed by atoms with Crippen LogP contribution in [0.3, 0.4) is 0 Å². The monoisotopic (exact) mass is 334 g/mol. The molecule has 0 atom stereocenters. The number of nitrogens with two attached hydrogens (primary N) is 1. The maximum atomic E-state index is 13.3. The highest BCUT2D eigenvalue weighted by Crippen LogP contribution is 2.27. The molecule has 0 spiro atoms. The first-order valence-electron chi connectivity index (χ1n) is 7.36. The third-order valence-electron chi connectivity index (χ3n) is 3.31. The van der Waals surface area contributed by atoms with Gasteiger partial charge in [0.15, 0.2) is 6.73 Å². The fraction of sp³-hybridized carbons (Fsp3) is 0.250. The quantitative estimate of drug-likeness (QED) is 0.662. The van der Waals surface area contributed by atoms with E-state index < -0.39 is 11.8 Å². The number of rotatable bonds is 2. The van der Waals surface area contributed by atoms with Crippen molar-refractivity contribution in [2.75, 3.05) is 19.1 Å². The number of hydrogen-bond acceptors (Lipinski definition) is 4. The highest BCUT2D eigenvalue weighted by Gasteiger charge is 2.20. The van der Waals surface area contributed by atoms with Gasteiger partial charge in [-0.25, -0.2) is 9.18 Å². The summed E-state index contributed by atoms with van der Waals surface area (Å²) in [6.07, 6.45) is 7.83. The fourth-order valence-corrected chi connectivity index (χ4v) is 2.16. The lowest BCUT2D eigenvalue weighted by atomic mass is 10.1. The molecular weight excluding hydrogens is 315 g/mol. The Kier molecular flexibility index (Phi) is 5.78. The van der Waals surface area contributed by atoms with E-state index in [0.29, 0.717) is 11.4 Å². The minimum atomic E-state index is -0.502. The zero-order chi connectivity index (χ0) is 17.5. The third kappa shape index (κ3) is 4.48. The summed E-state index contributed by atoms with van der Waals surface area (Å²) in [7, 11) is 1.60. The number of hydrogen-bond donors (Lipinski definition) is 4. The second kappa shape index (κ2) is 8.00. The van der Waals surface area contributed by atoms with Crippen LogP contribution in [0.4, 0.5) is 14.9 Å². The first-order valence-corrected chi connectivity index (χ1v) is 7.36. The van der Waals surface area contributed by atoms with E-state index in [-0.39, 0.29) is 18.2 Å². The van der Waals surface area contributed by atoms with E-state index in [0.717, 1.165) is 24.6 Å². The maximum absolute atomic E-state index is 13.3. The summed E-state index contributed by atoms with van der Waals surface area (Å²) < 4.78 is 18.4. The molecule has 128 valence electrons. The van der Waals surface area contributed by atoms with Gasteiger partial charge in [-0.15, -0.1) is 0 Å². The molecule has 24 heavy (non-hydrogen) atoms. The Labute approximate surface area is 138 Å². The van der Waals surface area contributed by atoms with E-state index in [1.54, 1.807) is 7.05 Å². The van der Waals surface area contributed by atoms with Gasteiger partial charge < -0.3 is 26.4 Å². The average molecular weight is 334 g/mol. The lowest BCUT2D eigenvalue weighted by Crippen LogP contribution is -2.33. The van der Waals surface area contributed by atoms with Crippen molar-refractivity contribution in [1.29, 1.82) is 0 Å². The smallest absolute Gasteiger partial charge is 0.316 e. The van der Waals surface area contributed by atoms with Gasteiger partial charge in [0, 0.05) is 18.8 Å². The summed E-state index contributed by atoms with van der Waals surface area (Å²) in [5.41, 5.74) is 6.25. The Balaban J connectivity index is 0.000000185. The van der Waals surface area contributed by atoms with Crippen LogP contribution in [0.15, 0.2) is 36.1 Å². The van der Waals surface area contributed by atoms with E-state index >= 15 is 0 Å². The van der Waals surface area contributed by atoms with E-state index in [1.165, 1.54) is 6.07 Å². The highest BCUT2D eigenvalue weighted by molar-refractivity contribution is 5.98. The van der Waals surface area contributed by atoms with Crippen LogP contribution in [0.2, 0.25) is 0 Å². The topological polar surface area (TPSA) is 105 Å². The van der Waals surface area contributed by atoms with Gasteiger partial charge in [0.1, 0.15) is 11.6 Å². The molecule has 0 unspecified atom stereocenters. The van der Waals surface area contributed by atoms with Crippen molar-refractivity contribution in [1.82, 2.24) is 10.6 Å². The number of nitrogens with one attached hydrogen (secondary N) is 3. The van der Waals surface area contributed by atoms with Crippen molar-refractivity contribution in [2.24, 2.45) is 5.73 Å². The van der Waals surface area contributed by atoms with Gasteiger partial charge in [0.05, 0.1) is 11.3 Å². The van der Waals surface area contributed by atoms with Crippen molar-refractivity contribution in [3.05, 3.63) is 47.4 Å². The van der Waals surface area contributed by atoms with Gasteiger partial charge in [-0.05, 0) is 25.0 Å². The van der Waals surface area contributed by atoms with Gasteiger partial charge in [-0.2, -0.15) is 0 Å². The van der Waals surface area contributed by atoms with Gasteiger partial charge in [-0.1, -0.05) is 12.2 Å². The van der Waals surface area contributed by atoms with Crippen LogP contribution >= 0.6 is 0 Å². The number of primary amides is 1. The van der Waals surface area contributed by atoms with Crippen molar-refractivity contribution in [2.45, 2.75) is 12.8 Å². The molecule has 0 bridgehead atoms. The van der Waals surface area contributed by atoms with Crippen LogP contribution in [0, 0.1) is 5.82 Å². The zero-order valence-electron chi connectivity index (χ0n) is 13.2. The van der Waals surface area contributed by atoms with Gasteiger partial charge >= 0.3 is 6.03 Å². The number of ether oxygens (including phenoxy) is 1. The maximum Gasteiger partial charge on any atom is 0.316 e. The number of anilines is 1. The Morgan fingerprint density at radius 3 is 2.79 bits per heavy atom.